The third kappa shape index (κ3) is 4.14. The highest BCUT2D eigenvalue weighted by atomic mass is 79.9. The van der Waals surface area contributed by atoms with E-state index in [1.54, 1.807) is 7.11 Å². The SMILES string of the molecule is CCC(C)CNCc1cc(Br)ccc1OC. The third-order valence-corrected chi connectivity index (χ3v) is 3.24. The molecule has 0 spiro atoms. The summed E-state index contributed by atoms with van der Waals surface area (Å²) >= 11 is 3.48. The summed E-state index contributed by atoms with van der Waals surface area (Å²) in [5, 5.41) is 3.45. The van der Waals surface area contributed by atoms with E-state index in [1.165, 1.54) is 12.0 Å². The molecule has 1 aromatic carbocycles. The van der Waals surface area contributed by atoms with Crippen molar-refractivity contribution in [2.75, 3.05) is 13.7 Å². The number of hydrogen-bond acceptors (Lipinski definition) is 2. The predicted octanol–water partition coefficient (Wildman–Crippen LogP) is 3.59. The summed E-state index contributed by atoms with van der Waals surface area (Å²) in [5.41, 5.74) is 1.19. The Hall–Kier alpha value is -0.540. The van der Waals surface area contributed by atoms with E-state index >= 15 is 0 Å². The van der Waals surface area contributed by atoms with Gasteiger partial charge in [-0.25, -0.2) is 0 Å². The van der Waals surface area contributed by atoms with E-state index in [0.717, 1.165) is 29.2 Å². The Morgan fingerprint density at radius 1 is 1.44 bits per heavy atom. The fourth-order valence-corrected chi connectivity index (χ4v) is 1.89. The monoisotopic (exact) mass is 285 g/mol. The van der Waals surface area contributed by atoms with Crippen LogP contribution >= 0.6 is 15.9 Å². The van der Waals surface area contributed by atoms with Crippen LogP contribution in [0.2, 0.25) is 0 Å². The van der Waals surface area contributed by atoms with Crippen LogP contribution in [0.5, 0.6) is 5.75 Å². The van der Waals surface area contributed by atoms with Crippen molar-refractivity contribution < 1.29 is 4.74 Å². The molecule has 3 heteroatoms. The lowest BCUT2D eigenvalue weighted by Crippen LogP contribution is -2.20. The molecule has 16 heavy (non-hydrogen) atoms. The van der Waals surface area contributed by atoms with Gasteiger partial charge in [0, 0.05) is 16.6 Å². The van der Waals surface area contributed by atoms with Crippen molar-refractivity contribution in [3.8, 4) is 5.75 Å². The Labute approximate surface area is 107 Å². The number of ether oxygens (including phenoxy) is 1. The van der Waals surface area contributed by atoms with Crippen molar-refractivity contribution >= 4 is 15.9 Å². The molecule has 0 saturated carbocycles. The highest BCUT2D eigenvalue weighted by Crippen LogP contribution is 2.22. The highest BCUT2D eigenvalue weighted by molar-refractivity contribution is 9.10. The molecule has 1 atom stereocenters. The Bertz CT molecular complexity index is 328. The zero-order chi connectivity index (χ0) is 12.0. The molecule has 0 fully saturated rings. The number of nitrogens with one attached hydrogen (secondary N) is 1. The van der Waals surface area contributed by atoms with Gasteiger partial charge in [0.25, 0.3) is 0 Å². The smallest absolute Gasteiger partial charge is 0.123 e. The van der Waals surface area contributed by atoms with Gasteiger partial charge >= 0.3 is 0 Å². The number of benzene rings is 1. The maximum atomic E-state index is 5.32. The van der Waals surface area contributed by atoms with Gasteiger partial charge in [-0.2, -0.15) is 0 Å². The van der Waals surface area contributed by atoms with Crippen molar-refractivity contribution in [1.29, 1.82) is 0 Å². The highest BCUT2D eigenvalue weighted by Gasteiger charge is 2.04. The summed E-state index contributed by atoms with van der Waals surface area (Å²) < 4.78 is 6.41. The first-order valence-corrected chi connectivity index (χ1v) is 6.49. The molecule has 0 aliphatic rings. The van der Waals surface area contributed by atoms with E-state index in [0.29, 0.717) is 0 Å². The maximum absolute atomic E-state index is 5.32. The van der Waals surface area contributed by atoms with Crippen LogP contribution in [-0.2, 0) is 6.54 Å². The van der Waals surface area contributed by atoms with Gasteiger partial charge in [0.15, 0.2) is 0 Å². The zero-order valence-corrected chi connectivity index (χ0v) is 11.8. The summed E-state index contributed by atoms with van der Waals surface area (Å²) in [5.74, 6) is 1.66. The second-order valence-corrected chi connectivity index (χ2v) is 5.02. The van der Waals surface area contributed by atoms with Gasteiger partial charge in [-0.1, -0.05) is 36.2 Å². The molecule has 0 amide bonds. The van der Waals surface area contributed by atoms with Crippen LogP contribution in [-0.4, -0.2) is 13.7 Å². The van der Waals surface area contributed by atoms with E-state index in [-0.39, 0.29) is 0 Å². The summed E-state index contributed by atoms with van der Waals surface area (Å²) in [4.78, 5) is 0. The minimum atomic E-state index is 0.721. The second-order valence-electron chi connectivity index (χ2n) is 4.10. The van der Waals surface area contributed by atoms with Crippen molar-refractivity contribution in [2.45, 2.75) is 26.8 Å². The van der Waals surface area contributed by atoms with E-state index in [4.69, 9.17) is 4.74 Å². The van der Waals surface area contributed by atoms with Crippen molar-refractivity contribution in [3.05, 3.63) is 28.2 Å². The summed E-state index contributed by atoms with van der Waals surface area (Å²) in [6, 6.07) is 6.09. The van der Waals surface area contributed by atoms with Crippen molar-refractivity contribution in [1.82, 2.24) is 5.32 Å². The van der Waals surface area contributed by atoms with Gasteiger partial charge in [-0.3, -0.25) is 0 Å². The molecule has 2 nitrogen and oxygen atoms in total. The van der Waals surface area contributed by atoms with E-state index in [1.807, 2.05) is 12.1 Å². The minimum Gasteiger partial charge on any atom is -0.496 e. The average Bonchev–Trinajstić information content (AvgIpc) is 2.29. The standard InChI is InChI=1S/C13H20BrNO/c1-4-10(2)8-15-9-11-7-12(14)5-6-13(11)16-3/h5-7,10,15H,4,8-9H2,1-3H3. The van der Waals surface area contributed by atoms with Gasteiger partial charge < -0.3 is 10.1 Å². The number of hydrogen-bond donors (Lipinski definition) is 1. The van der Waals surface area contributed by atoms with Crippen LogP contribution in [0.4, 0.5) is 0 Å². The Morgan fingerprint density at radius 2 is 2.19 bits per heavy atom. The van der Waals surface area contributed by atoms with Crippen LogP contribution in [0.3, 0.4) is 0 Å². The largest absolute Gasteiger partial charge is 0.496 e. The predicted molar refractivity (Wildman–Crippen MR) is 71.9 cm³/mol. The lowest BCUT2D eigenvalue weighted by atomic mass is 10.1. The molecule has 0 radical (unpaired) electrons. The lowest BCUT2D eigenvalue weighted by molar-refractivity contribution is 0.405. The number of rotatable bonds is 6. The topological polar surface area (TPSA) is 21.3 Å². The van der Waals surface area contributed by atoms with Gasteiger partial charge in [-0.05, 0) is 30.7 Å². The lowest BCUT2D eigenvalue weighted by Gasteiger charge is -2.12. The molecule has 1 aromatic rings. The molecular formula is C13H20BrNO. The molecule has 90 valence electrons. The first-order chi connectivity index (χ1) is 7.67. The van der Waals surface area contributed by atoms with Gasteiger partial charge in [0.2, 0.25) is 0 Å². The molecular weight excluding hydrogens is 266 g/mol. The number of methoxy groups -OCH3 is 1. The molecule has 0 saturated heterocycles. The summed E-state index contributed by atoms with van der Waals surface area (Å²) in [6.45, 7) is 6.37. The molecule has 0 aliphatic heterocycles. The van der Waals surface area contributed by atoms with Gasteiger partial charge in [-0.15, -0.1) is 0 Å². The average molecular weight is 286 g/mol. The minimum absolute atomic E-state index is 0.721. The third-order valence-electron chi connectivity index (χ3n) is 2.75. The fraction of sp³-hybridized carbons (Fsp3) is 0.538. The molecule has 1 N–H and O–H groups in total. The Balaban J connectivity index is 2.55. The van der Waals surface area contributed by atoms with Crippen LogP contribution in [0.15, 0.2) is 22.7 Å². The summed E-state index contributed by atoms with van der Waals surface area (Å²) in [7, 11) is 1.71. The van der Waals surface area contributed by atoms with Gasteiger partial charge in [0.05, 0.1) is 7.11 Å². The normalized spacial score (nSPS) is 12.5. The quantitative estimate of drug-likeness (QED) is 0.862. The van der Waals surface area contributed by atoms with Crippen molar-refractivity contribution in [2.24, 2.45) is 5.92 Å². The molecule has 1 rings (SSSR count). The molecule has 0 aromatic heterocycles. The fourth-order valence-electron chi connectivity index (χ4n) is 1.48. The number of halogens is 1. The van der Waals surface area contributed by atoms with Crippen LogP contribution in [0.1, 0.15) is 25.8 Å². The Morgan fingerprint density at radius 3 is 2.81 bits per heavy atom. The molecule has 1 unspecified atom stereocenters. The zero-order valence-electron chi connectivity index (χ0n) is 10.2. The van der Waals surface area contributed by atoms with Crippen LogP contribution in [0, 0.1) is 5.92 Å². The molecule has 0 bridgehead atoms. The Kier molecular flexibility index (Phi) is 5.85. The van der Waals surface area contributed by atoms with E-state index in [2.05, 4.69) is 41.2 Å². The molecule has 0 heterocycles. The maximum Gasteiger partial charge on any atom is 0.123 e. The second kappa shape index (κ2) is 6.92. The van der Waals surface area contributed by atoms with Crippen LogP contribution in [0.25, 0.3) is 0 Å². The van der Waals surface area contributed by atoms with Crippen molar-refractivity contribution in [3.63, 3.8) is 0 Å². The van der Waals surface area contributed by atoms with Gasteiger partial charge in [0.1, 0.15) is 5.75 Å². The summed E-state index contributed by atoms with van der Waals surface area (Å²) in [6.07, 6.45) is 1.21. The first-order valence-electron chi connectivity index (χ1n) is 5.70. The molecule has 0 aliphatic carbocycles. The van der Waals surface area contributed by atoms with E-state index in [9.17, 15) is 0 Å². The van der Waals surface area contributed by atoms with E-state index < -0.39 is 0 Å². The first kappa shape index (κ1) is 13.5. The van der Waals surface area contributed by atoms with Crippen LogP contribution < -0.4 is 10.1 Å².